The van der Waals surface area contributed by atoms with Gasteiger partial charge in [0.1, 0.15) is 6.07 Å². The third-order valence-electron chi connectivity index (χ3n) is 3.01. The number of nitriles is 1. The Labute approximate surface area is 125 Å². The van der Waals surface area contributed by atoms with Crippen LogP contribution in [0.1, 0.15) is 23.5 Å². The molecule has 1 heterocycles. The van der Waals surface area contributed by atoms with Gasteiger partial charge in [0.2, 0.25) is 0 Å². The standard InChI is InChI=1S/C14H13N3O3S/c1-9(18)13-7-12(17(19)20)14(21-13)16(2)11-6-4-3-5-10(11)8-15/h3-7,9,18H,1-2H3. The molecule has 2 rings (SSSR count). The normalized spacial score (nSPS) is 11.7. The SMILES string of the molecule is CC(O)c1cc([N+](=O)[O-])c(N(C)c2ccccc2C#N)s1. The molecule has 0 saturated carbocycles. The van der Waals surface area contributed by atoms with Crippen molar-refractivity contribution in [1.29, 1.82) is 5.26 Å². The lowest BCUT2D eigenvalue weighted by Crippen LogP contribution is -2.10. The quantitative estimate of drug-likeness (QED) is 0.691. The Morgan fingerprint density at radius 1 is 1.48 bits per heavy atom. The van der Waals surface area contributed by atoms with Crippen LogP contribution in [0.25, 0.3) is 0 Å². The lowest BCUT2D eigenvalue weighted by atomic mass is 10.2. The molecule has 0 radical (unpaired) electrons. The van der Waals surface area contributed by atoms with Gasteiger partial charge in [0, 0.05) is 18.0 Å². The van der Waals surface area contributed by atoms with E-state index < -0.39 is 11.0 Å². The van der Waals surface area contributed by atoms with E-state index in [1.807, 2.05) is 0 Å². The summed E-state index contributed by atoms with van der Waals surface area (Å²) in [6, 6.07) is 10.3. The van der Waals surface area contributed by atoms with Gasteiger partial charge < -0.3 is 10.0 Å². The summed E-state index contributed by atoms with van der Waals surface area (Å²) in [6.07, 6.45) is -0.776. The van der Waals surface area contributed by atoms with Crippen LogP contribution in [-0.4, -0.2) is 17.1 Å². The molecule has 6 nitrogen and oxygen atoms in total. The minimum atomic E-state index is -0.776. The second-order valence-electron chi connectivity index (χ2n) is 4.46. The number of nitrogens with zero attached hydrogens (tertiary/aromatic N) is 3. The van der Waals surface area contributed by atoms with E-state index in [2.05, 4.69) is 6.07 Å². The number of hydrogen-bond donors (Lipinski definition) is 1. The van der Waals surface area contributed by atoms with Crippen LogP contribution in [0.2, 0.25) is 0 Å². The molecular formula is C14H13N3O3S. The second-order valence-corrected chi connectivity index (χ2v) is 5.52. The highest BCUT2D eigenvalue weighted by Crippen LogP contribution is 2.42. The van der Waals surface area contributed by atoms with E-state index in [1.165, 1.54) is 6.07 Å². The van der Waals surface area contributed by atoms with Crippen molar-refractivity contribution in [1.82, 2.24) is 0 Å². The Bertz CT molecular complexity index is 718. The molecule has 1 N–H and O–H groups in total. The van der Waals surface area contributed by atoms with Crippen LogP contribution in [0.4, 0.5) is 16.4 Å². The third kappa shape index (κ3) is 2.86. The predicted molar refractivity (Wildman–Crippen MR) is 80.8 cm³/mol. The summed E-state index contributed by atoms with van der Waals surface area (Å²) in [5, 5.41) is 30.3. The average molecular weight is 303 g/mol. The van der Waals surface area contributed by atoms with Gasteiger partial charge in [0.25, 0.3) is 0 Å². The number of para-hydroxylation sites is 1. The number of anilines is 2. The fourth-order valence-corrected chi connectivity index (χ4v) is 2.97. The molecule has 108 valence electrons. The highest BCUT2D eigenvalue weighted by atomic mass is 32.1. The first-order valence-corrected chi connectivity index (χ1v) is 6.96. The first kappa shape index (κ1) is 15.0. The fourth-order valence-electron chi connectivity index (χ4n) is 1.94. The second kappa shape index (κ2) is 5.91. The van der Waals surface area contributed by atoms with Gasteiger partial charge >= 0.3 is 5.69 Å². The van der Waals surface area contributed by atoms with Gasteiger partial charge in [-0.05, 0) is 19.1 Å². The van der Waals surface area contributed by atoms with Gasteiger partial charge in [-0.3, -0.25) is 10.1 Å². The summed E-state index contributed by atoms with van der Waals surface area (Å²) in [4.78, 5) is 12.8. The largest absolute Gasteiger partial charge is 0.388 e. The first-order chi connectivity index (χ1) is 9.95. The molecule has 2 aromatic rings. The summed E-state index contributed by atoms with van der Waals surface area (Å²) in [5.41, 5.74) is 0.939. The summed E-state index contributed by atoms with van der Waals surface area (Å²) >= 11 is 1.14. The van der Waals surface area contributed by atoms with Crippen molar-refractivity contribution >= 4 is 27.7 Å². The minimum Gasteiger partial charge on any atom is -0.388 e. The van der Waals surface area contributed by atoms with Crippen LogP contribution < -0.4 is 4.90 Å². The Balaban J connectivity index is 2.55. The number of benzene rings is 1. The Morgan fingerprint density at radius 3 is 2.71 bits per heavy atom. The van der Waals surface area contributed by atoms with Crippen molar-refractivity contribution < 1.29 is 10.0 Å². The van der Waals surface area contributed by atoms with Crippen LogP contribution in [0.3, 0.4) is 0 Å². The molecular weight excluding hydrogens is 290 g/mol. The molecule has 0 saturated heterocycles. The minimum absolute atomic E-state index is 0.0776. The smallest absolute Gasteiger partial charge is 0.304 e. The van der Waals surface area contributed by atoms with E-state index in [0.29, 0.717) is 21.1 Å². The molecule has 0 aliphatic carbocycles. The molecule has 1 aromatic carbocycles. The number of thiophene rings is 1. The molecule has 7 heteroatoms. The first-order valence-electron chi connectivity index (χ1n) is 6.14. The number of hydrogen-bond acceptors (Lipinski definition) is 6. The van der Waals surface area contributed by atoms with Crippen molar-refractivity contribution in [2.75, 3.05) is 11.9 Å². The number of aliphatic hydroxyl groups is 1. The highest BCUT2D eigenvalue weighted by Gasteiger charge is 2.25. The molecule has 0 fully saturated rings. The zero-order valence-corrected chi connectivity index (χ0v) is 12.3. The molecule has 0 aliphatic rings. The van der Waals surface area contributed by atoms with E-state index in [1.54, 1.807) is 43.1 Å². The topological polar surface area (TPSA) is 90.4 Å². The zero-order valence-electron chi connectivity index (χ0n) is 11.5. The van der Waals surface area contributed by atoms with Gasteiger partial charge in [-0.25, -0.2) is 0 Å². The van der Waals surface area contributed by atoms with Crippen LogP contribution in [0.5, 0.6) is 0 Å². The molecule has 1 atom stereocenters. The highest BCUT2D eigenvalue weighted by molar-refractivity contribution is 7.16. The monoisotopic (exact) mass is 303 g/mol. The maximum Gasteiger partial charge on any atom is 0.304 e. The lowest BCUT2D eigenvalue weighted by molar-refractivity contribution is -0.383. The van der Waals surface area contributed by atoms with Crippen molar-refractivity contribution in [2.24, 2.45) is 0 Å². The summed E-state index contributed by atoms with van der Waals surface area (Å²) in [5.74, 6) is 0. The number of nitro groups is 1. The van der Waals surface area contributed by atoms with Crippen LogP contribution in [0, 0.1) is 21.4 Å². The number of aliphatic hydroxyl groups excluding tert-OH is 1. The lowest BCUT2D eigenvalue weighted by Gasteiger charge is -2.18. The Kier molecular flexibility index (Phi) is 4.21. The van der Waals surface area contributed by atoms with E-state index in [4.69, 9.17) is 5.26 Å². The van der Waals surface area contributed by atoms with Crippen molar-refractivity contribution in [2.45, 2.75) is 13.0 Å². The molecule has 0 aliphatic heterocycles. The summed E-state index contributed by atoms with van der Waals surface area (Å²) < 4.78 is 0. The number of rotatable bonds is 4. The molecule has 0 bridgehead atoms. The van der Waals surface area contributed by atoms with Gasteiger partial charge in [-0.15, -0.1) is 11.3 Å². The van der Waals surface area contributed by atoms with E-state index >= 15 is 0 Å². The predicted octanol–water partition coefficient (Wildman–Crippen LogP) is 3.35. The Hall–Kier alpha value is -2.43. The van der Waals surface area contributed by atoms with E-state index in [0.717, 1.165) is 11.3 Å². The van der Waals surface area contributed by atoms with Crippen LogP contribution in [-0.2, 0) is 0 Å². The van der Waals surface area contributed by atoms with Gasteiger partial charge in [0.15, 0.2) is 5.00 Å². The van der Waals surface area contributed by atoms with Crippen molar-refractivity contribution in [3.8, 4) is 6.07 Å². The average Bonchev–Trinajstić information content (AvgIpc) is 2.92. The van der Waals surface area contributed by atoms with Crippen LogP contribution >= 0.6 is 11.3 Å². The summed E-state index contributed by atoms with van der Waals surface area (Å²) in [7, 11) is 1.67. The fraction of sp³-hybridized carbons (Fsp3) is 0.214. The summed E-state index contributed by atoms with van der Waals surface area (Å²) in [6.45, 7) is 1.56. The van der Waals surface area contributed by atoms with Gasteiger partial charge in [-0.2, -0.15) is 5.26 Å². The van der Waals surface area contributed by atoms with E-state index in [-0.39, 0.29) is 5.69 Å². The maximum absolute atomic E-state index is 11.2. The van der Waals surface area contributed by atoms with Gasteiger partial charge in [-0.1, -0.05) is 12.1 Å². The molecule has 0 spiro atoms. The van der Waals surface area contributed by atoms with Crippen molar-refractivity contribution in [3.63, 3.8) is 0 Å². The molecule has 1 aromatic heterocycles. The van der Waals surface area contributed by atoms with Crippen molar-refractivity contribution in [3.05, 3.63) is 50.9 Å². The molecule has 21 heavy (non-hydrogen) atoms. The maximum atomic E-state index is 11.2. The van der Waals surface area contributed by atoms with Gasteiger partial charge in [0.05, 0.1) is 22.3 Å². The van der Waals surface area contributed by atoms with Crippen LogP contribution in [0.15, 0.2) is 30.3 Å². The molecule has 1 unspecified atom stereocenters. The Morgan fingerprint density at radius 2 is 2.14 bits per heavy atom. The zero-order chi connectivity index (χ0) is 15.6. The molecule has 0 amide bonds. The third-order valence-corrected chi connectivity index (χ3v) is 4.38. The van der Waals surface area contributed by atoms with E-state index in [9.17, 15) is 15.2 Å².